The van der Waals surface area contributed by atoms with Gasteiger partial charge in [-0.1, -0.05) is 24.3 Å². The van der Waals surface area contributed by atoms with Gasteiger partial charge in [-0.15, -0.1) is 0 Å². The molecule has 152 valence electrons. The van der Waals surface area contributed by atoms with Crippen LogP contribution in [0.3, 0.4) is 0 Å². The van der Waals surface area contributed by atoms with Crippen molar-refractivity contribution in [3.63, 3.8) is 0 Å². The molecule has 2 aromatic carbocycles. The van der Waals surface area contributed by atoms with Gasteiger partial charge in [0.15, 0.2) is 0 Å². The number of hydrogen-bond donors (Lipinski definition) is 1. The number of para-hydroxylation sites is 2. The Labute approximate surface area is 171 Å². The van der Waals surface area contributed by atoms with E-state index in [1.807, 2.05) is 36.4 Å². The van der Waals surface area contributed by atoms with Crippen LogP contribution >= 0.6 is 0 Å². The van der Waals surface area contributed by atoms with Gasteiger partial charge in [-0.2, -0.15) is 0 Å². The molecule has 0 radical (unpaired) electrons. The molecule has 6 nitrogen and oxygen atoms in total. The number of hydrogen-bond acceptors (Lipinski definition) is 4. The number of carbonyl (C=O) groups is 2. The van der Waals surface area contributed by atoms with E-state index in [2.05, 4.69) is 22.3 Å². The summed E-state index contributed by atoms with van der Waals surface area (Å²) < 4.78 is 5.24. The fraction of sp³-hybridized carbons (Fsp3) is 0.391. The highest BCUT2D eigenvalue weighted by Gasteiger charge is 2.28. The van der Waals surface area contributed by atoms with Crippen LogP contribution in [-0.2, 0) is 9.59 Å². The molecule has 0 spiro atoms. The van der Waals surface area contributed by atoms with E-state index < -0.39 is 0 Å². The van der Waals surface area contributed by atoms with Gasteiger partial charge in [0.2, 0.25) is 11.8 Å². The van der Waals surface area contributed by atoms with E-state index in [9.17, 15) is 9.59 Å². The van der Waals surface area contributed by atoms with Gasteiger partial charge in [0.05, 0.1) is 25.0 Å². The Hall–Kier alpha value is -2.86. The van der Waals surface area contributed by atoms with Gasteiger partial charge in [0, 0.05) is 19.0 Å². The van der Waals surface area contributed by atoms with Gasteiger partial charge in [-0.3, -0.25) is 14.5 Å². The summed E-state index contributed by atoms with van der Waals surface area (Å²) in [6.07, 6.45) is 3.54. The largest absolute Gasteiger partial charge is 0.497 e. The van der Waals surface area contributed by atoms with Crippen molar-refractivity contribution in [2.75, 3.05) is 37.0 Å². The molecule has 4 rings (SSSR count). The van der Waals surface area contributed by atoms with Crippen LogP contribution in [0.5, 0.6) is 5.75 Å². The van der Waals surface area contributed by atoms with Crippen molar-refractivity contribution in [3.05, 3.63) is 54.1 Å². The quantitative estimate of drug-likeness (QED) is 0.815. The molecule has 0 bridgehead atoms. The second-order valence-corrected chi connectivity index (χ2v) is 7.62. The summed E-state index contributed by atoms with van der Waals surface area (Å²) in [5.74, 6) is 0.902. The Morgan fingerprint density at radius 3 is 2.62 bits per heavy atom. The van der Waals surface area contributed by atoms with Gasteiger partial charge >= 0.3 is 0 Å². The fourth-order valence-corrected chi connectivity index (χ4v) is 4.31. The highest BCUT2D eigenvalue weighted by atomic mass is 16.5. The summed E-state index contributed by atoms with van der Waals surface area (Å²) in [5.41, 5.74) is 2.70. The maximum atomic E-state index is 12.8. The van der Waals surface area contributed by atoms with E-state index in [1.54, 1.807) is 12.0 Å². The summed E-state index contributed by atoms with van der Waals surface area (Å²) in [6, 6.07) is 15.9. The van der Waals surface area contributed by atoms with E-state index in [4.69, 9.17) is 4.74 Å². The maximum absolute atomic E-state index is 12.8. The lowest BCUT2D eigenvalue weighted by molar-refractivity contribution is -0.118. The fourth-order valence-electron chi connectivity index (χ4n) is 4.31. The Morgan fingerprint density at radius 2 is 1.90 bits per heavy atom. The standard InChI is InChI=1S/C23H27N3O3/c1-29-18-12-10-17(11-13-18)20-8-4-14-25(20)16-22(27)24-19-6-2-3-7-21(19)26-15-5-9-23(26)28/h2-3,6-7,10-13,20H,4-5,8-9,14-16H2,1H3,(H,24,27). The van der Waals surface area contributed by atoms with Crippen LogP contribution in [0.1, 0.15) is 37.3 Å². The van der Waals surface area contributed by atoms with Crippen LogP contribution in [0.4, 0.5) is 11.4 Å². The SMILES string of the molecule is COc1ccc(C2CCCN2CC(=O)Nc2ccccc2N2CCCC2=O)cc1. The number of methoxy groups -OCH3 is 1. The average Bonchev–Trinajstić information content (AvgIpc) is 3.37. The zero-order valence-corrected chi connectivity index (χ0v) is 16.8. The predicted octanol–water partition coefficient (Wildman–Crippen LogP) is 3.60. The van der Waals surface area contributed by atoms with Crippen LogP contribution in [0.25, 0.3) is 0 Å². The van der Waals surface area contributed by atoms with Crippen molar-refractivity contribution >= 4 is 23.2 Å². The first kappa shape index (κ1) is 19.5. The second-order valence-electron chi connectivity index (χ2n) is 7.62. The molecule has 1 N–H and O–H groups in total. The van der Waals surface area contributed by atoms with Crippen molar-refractivity contribution in [2.45, 2.75) is 31.7 Å². The number of ether oxygens (including phenoxy) is 1. The molecule has 2 amide bonds. The number of benzene rings is 2. The number of likely N-dealkylation sites (tertiary alicyclic amines) is 1. The van der Waals surface area contributed by atoms with Crippen LogP contribution in [-0.4, -0.2) is 43.5 Å². The Morgan fingerprint density at radius 1 is 1.10 bits per heavy atom. The van der Waals surface area contributed by atoms with Gasteiger partial charge < -0.3 is 15.0 Å². The van der Waals surface area contributed by atoms with Gasteiger partial charge in [0.25, 0.3) is 0 Å². The normalized spacial score (nSPS) is 19.6. The molecule has 1 unspecified atom stereocenters. The Balaban J connectivity index is 1.44. The molecular weight excluding hydrogens is 366 g/mol. The maximum Gasteiger partial charge on any atom is 0.238 e. The smallest absolute Gasteiger partial charge is 0.238 e. The van der Waals surface area contributed by atoms with Gasteiger partial charge in [0.1, 0.15) is 5.75 Å². The van der Waals surface area contributed by atoms with E-state index >= 15 is 0 Å². The molecule has 0 aromatic heterocycles. The highest BCUT2D eigenvalue weighted by molar-refractivity contribution is 6.02. The summed E-state index contributed by atoms with van der Waals surface area (Å²) >= 11 is 0. The number of amides is 2. The van der Waals surface area contributed by atoms with Crippen LogP contribution in [0.15, 0.2) is 48.5 Å². The Kier molecular flexibility index (Phi) is 5.81. The van der Waals surface area contributed by atoms with E-state index in [0.29, 0.717) is 25.2 Å². The summed E-state index contributed by atoms with van der Waals surface area (Å²) in [6.45, 7) is 1.94. The third-order valence-electron chi connectivity index (χ3n) is 5.75. The lowest BCUT2D eigenvalue weighted by Crippen LogP contribution is -2.33. The number of nitrogens with one attached hydrogen (secondary N) is 1. The van der Waals surface area contributed by atoms with E-state index in [1.165, 1.54) is 5.56 Å². The van der Waals surface area contributed by atoms with E-state index in [-0.39, 0.29) is 17.9 Å². The average molecular weight is 393 g/mol. The molecule has 1 atom stereocenters. The zero-order chi connectivity index (χ0) is 20.2. The monoisotopic (exact) mass is 393 g/mol. The predicted molar refractivity (Wildman–Crippen MR) is 113 cm³/mol. The molecule has 0 aliphatic carbocycles. The van der Waals surface area contributed by atoms with Crippen LogP contribution in [0.2, 0.25) is 0 Å². The summed E-state index contributed by atoms with van der Waals surface area (Å²) in [7, 11) is 1.66. The third kappa shape index (κ3) is 4.27. The van der Waals surface area contributed by atoms with Gasteiger partial charge in [-0.05, 0) is 55.6 Å². The molecule has 2 saturated heterocycles. The lowest BCUT2D eigenvalue weighted by Gasteiger charge is -2.25. The summed E-state index contributed by atoms with van der Waals surface area (Å²) in [4.78, 5) is 28.9. The van der Waals surface area contributed by atoms with Crippen LogP contribution < -0.4 is 15.0 Å². The minimum Gasteiger partial charge on any atom is -0.497 e. The van der Waals surface area contributed by atoms with Crippen molar-refractivity contribution < 1.29 is 14.3 Å². The summed E-state index contributed by atoms with van der Waals surface area (Å²) in [5, 5.41) is 3.03. The zero-order valence-electron chi connectivity index (χ0n) is 16.8. The van der Waals surface area contributed by atoms with Crippen molar-refractivity contribution in [3.8, 4) is 5.75 Å². The first-order valence-corrected chi connectivity index (χ1v) is 10.2. The molecule has 29 heavy (non-hydrogen) atoms. The van der Waals surface area contributed by atoms with Crippen molar-refractivity contribution in [2.24, 2.45) is 0 Å². The first-order chi connectivity index (χ1) is 14.2. The molecular formula is C23H27N3O3. The number of anilines is 2. The third-order valence-corrected chi connectivity index (χ3v) is 5.75. The first-order valence-electron chi connectivity index (χ1n) is 10.2. The van der Waals surface area contributed by atoms with Crippen molar-refractivity contribution in [1.82, 2.24) is 4.90 Å². The molecule has 0 saturated carbocycles. The molecule has 2 aliphatic rings. The lowest BCUT2D eigenvalue weighted by atomic mass is 10.0. The van der Waals surface area contributed by atoms with E-state index in [0.717, 1.165) is 37.2 Å². The minimum absolute atomic E-state index is 0.0514. The number of carbonyl (C=O) groups excluding carboxylic acids is 2. The molecule has 2 heterocycles. The minimum atomic E-state index is -0.0514. The highest BCUT2D eigenvalue weighted by Crippen LogP contribution is 2.33. The van der Waals surface area contributed by atoms with Crippen LogP contribution in [0, 0.1) is 0 Å². The molecule has 6 heteroatoms. The van der Waals surface area contributed by atoms with Crippen molar-refractivity contribution in [1.29, 1.82) is 0 Å². The Bertz CT molecular complexity index is 881. The molecule has 2 aliphatic heterocycles. The topological polar surface area (TPSA) is 61.9 Å². The second kappa shape index (κ2) is 8.66. The molecule has 2 aromatic rings. The number of rotatable bonds is 6. The number of nitrogens with zero attached hydrogens (tertiary/aromatic N) is 2. The molecule has 2 fully saturated rings. The van der Waals surface area contributed by atoms with Gasteiger partial charge in [-0.25, -0.2) is 0 Å².